The van der Waals surface area contributed by atoms with E-state index < -0.39 is 4.92 Å². The van der Waals surface area contributed by atoms with Crippen LogP contribution >= 0.6 is 0 Å². The Kier molecular flexibility index (Phi) is 5.96. The van der Waals surface area contributed by atoms with E-state index in [1.165, 1.54) is 6.07 Å². The fourth-order valence-electron chi connectivity index (χ4n) is 1.92. The number of hydrogen-bond acceptors (Lipinski definition) is 4. The van der Waals surface area contributed by atoms with Crippen LogP contribution < -0.4 is 10.6 Å². The third-order valence-corrected chi connectivity index (χ3v) is 3.14. The second-order valence-electron chi connectivity index (χ2n) is 4.51. The highest BCUT2D eigenvalue weighted by Gasteiger charge is 2.18. The zero-order chi connectivity index (χ0) is 15.1. The second kappa shape index (κ2) is 7.47. The number of carbonyl (C=O) groups excluding carboxylic acids is 1. The van der Waals surface area contributed by atoms with E-state index in [0.29, 0.717) is 17.8 Å². The Morgan fingerprint density at radius 1 is 1.30 bits per heavy atom. The second-order valence-corrected chi connectivity index (χ2v) is 4.51. The summed E-state index contributed by atoms with van der Waals surface area (Å²) in [6.07, 6.45) is 1.76. The zero-order valence-corrected chi connectivity index (χ0v) is 12.1. The SMILES string of the molecule is CCNC(=O)c1ccc(NC(CC)CC)c([N+](=O)[O-])c1. The van der Waals surface area contributed by atoms with Gasteiger partial charge in [0.05, 0.1) is 4.92 Å². The molecular formula is C14H21N3O3. The van der Waals surface area contributed by atoms with Crippen molar-refractivity contribution in [2.45, 2.75) is 39.7 Å². The minimum Gasteiger partial charge on any atom is -0.377 e. The number of nitrogens with zero attached hydrogens (tertiary/aromatic N) is 1. The lowest BCUT2D eigenvalue weighted by molar-refractivity contribution is -0.384. The van der Waals surface area contributed by atoms with Crippen molar-refractivity contribution in [3.8, 4) is 0 Å². The van der Waals surface area contributed by atoms with Crippen molar-refractivity contribution in [2.75, 3.05) is 11.9 Å². The zero-order valence-electron chi connectivity index (χ0n) is 12.1. The molecule has 0 spiro atoms. The maximum Gasteiger partial charge on any atom is 0.293 e. The average molecular weight is 279 g/mol. The number of anilines is 1. The van der Waals surface area contributed by atoms with E-state index in [4.69, 9.17) is 0 Å². The Morgan fingerprint density at radius 3 is 2.45 bits per heavy atom. The molecule has 6 nitrogen and oxygen atoms in total. The molecule has 110 valence electrons. The summed E-state index contributed by atoms with van der Waals surface area (Å²) in [4.78, 5) is 22.4. The molecule has 1 amide bonds. The summed E-state index contributed by atoms with van der Waals surface area (Å²) in [7, 11) is 0. The Balaban J connectivity index is 3.07. The Bertz CT molecular complexity index is 485. The van der Waals surface area contributed by atoms with Crippen molar-refractivity contribution < 1.29 is 9.72 Å². The van der Waals surface area contributed by atoms with Gasteiger partial charge in [0, 0.05) is 24.2 Å². The quantitative estimate of drug-likeness (QED) is 0.593. The smallest absolute Gasteiger partial charge is 0.293 e. The lowest BCUT2D eigenvalue weighted by Crippen LogP contribution is -2.23. The van der Waals surface area contributed by atoms with Gasteiger partial charge in [0.2, 0.25) is 0 Å². The highest BCUT2D eigenvalue weighted by Crippen LogP contribution is 2.27. The fourth-order valence-corrected chi connectivity index (χ4v) is 1.92. The van der Waals surface area contributed by atoms with E-state index in [0.717, 1.165) is 12.8 Å². The molecule has 0 saturated carbocycles. The van der Waals surface area contributed by atoms with E-state index >= 15 is 0 Å². The van der Waals surface area contributed by atoms with Gasteiger partial charge in [0.15, 0.2) is 0 Å². The number of carbonyl (C=O) groups is 1. The largest absolute Gasteiger partial charge is 0.377 e. The summed E-state index contributed by atoms with van der Waals surface area (Å²) >= 11 is 0. The summed E-state index contributed by atoms with van der Waals surface area (Å²) in [5.41, 5.74) is 0.686. The van der Waals surface area contributed by atoms with Crippen LogP contribution in [-0.2, 0) is 0 Å². The summed E-state index contributed by atoms with van der Waals surface area (Å²) in [5, 5.41) is 16.9. The monoisotopic (exact) mass is 279 g/mol. The standard InChI is InChI=1S/C14H21N3O3/c1-4-11(5-2)16-12-8-7-10(14(18)15-6-3)9-13(12)17(19)20/h7-9,11,16H,4-6H2,1-3H3,(H,15,18). The number of amides is 1. The van der Waals surface area contributed by atoms with Gasteiger partial charge in [0.1, 0.15) is 5.69 Å². The first kappa shape index (κ1) is 15.9. The van der Waals surface area contributed by atoms with Crippen molar-refractivity contribution >= 4 is 17.3 Å². The third-order valence-electron chi connectivity index (χ3n) is 3.14. The topological polar surface area (TPSA) is 84.3 Å². The molecule has 1 aromatic rings. The third kappa shape index (κ3) is 3.94. The van der Waals surface area contributed by atoms with Crippen LogP contribution in [0.2, 0.25) is 0 Å². The minimum atomic E-state index is -0.465. The summed E-state index contributed by atoms with van der Waals surface area (Å²) in [6.45, 7) is 6.34. The fraction of sp³-hybridized carbons (Fsp3) is 0.500. The van der Waals surface area contributed by atoms with Crippen LogP contribution in [0.15, 0.2) is 18.2 Å². The highest BCUT2D eigenvalue weighted by atomic mass is 16.6. The van der Waals surface area contributed by atoms with Gasteiger partial charge in [-0.25, -0.2) is 0 Å². The molecule has 1 aromatic carbocycles. The lowest BCUT2D eigenvalue weighted by atomic mass is 10.1. The van der Waals surface area contributed by atoms with Crippen LogP contribution in [0.4, 0.5) is 11.4 Å². The van der Waals surface area contributed by atoms with E-state index in [1.54, 1.807) is 19.1 Å². The summed E-state index contributed by atoms with van der Waals surface area (Å²) < 4.78 is 0. The summed E-state index contributed by atoms with van der Waals surface area (Å²) in [5.74, 6) is -0.301. The number of rotatable bonds is 7. The Morgan fingerprint density at radius 2 is 1.95 bits per heavy atom. The van der Waals surface area contributed by atoms with Crippen molar-refractivity contribution in [1.29, 1.82) is 0 Å². The van der Waals surface area contributed by atoms with Crippen molar-refractivity contribution in [3.63, 3.8) is 0 Å². The van der Waals surface area contributed by atoms with Crippen LogP contribution in [0, 0.1) is 10.1 Å². The molecule has 0 radical (unpaired) electrons. The number of nitro groups is 1. The summed E-state index contributed by atoms with van der Waals surface area (Å²) in [6, 6.07) is 4.70. The number of nitrogens with one attached hydrogen (secondary N) is 2. The van der Waals surface area contributed by atoms with Crippen molar-refractivity contribution in [3.05, 3.63) is 33.9 Å². The van der Waals surface area contributed by atoms with Gasteiger partial charge in [-0.1, -0.05) is 13.8 Å². The molecule has 0 unspecified atom stereocenters. The van der Waals surface area contributed by atoms with Gasteiger partial charge in [-0.2, -0.15) is 0 Å². The van der Waals surface area contributed by atoms with Gasteiger partial charge < -0.3 is 10.6 Å². The lowest BCUT2D eigenvalue weighted by Gasteiger charge is -2.16. The molecule has 0 aliphatic carbocycles. The molecular weight excluding hydrogens is 258 g/mol. The first-order valence-electron chi connectivity index (χ1n) is 6.86. The molecule has 0 aliphatic rings. The molecule has 0 fully saturated rings. The normalized spacial score (nSPS) is 10.4. The predicted octanol–water partition coefficient (Wildman–Crippen LogP) is 2.95. The van der Waals surface area contributed by atoms with Gasteiger partial charge in [-0.05, 0) is 31.9 Å². The molecule has 0 aromatic heterocycles. The molecule has 6 heteroatoms. The molecule has 0 saturated heterocycles. The molecule has 1 rings (SSSR count). The molecule has 0 bridgehead atoms. The maximum absolute atomic E-state index is 11.7. The molecule has 0 heterocycles. The van der Waals surface area contributed by atoms with E-state index in [2.05, 4.69) is 10.6 Å². The van der Waals surface area contributed by atoms with Crippen LogP contribution in [0.1, 0.15) is 44.0 Å². The van der Waals surface area contributed by atoms with Gasteiger partial charge in [-0.3, -0.25) is 14.9 Å². The number of benzene rings is 1. The molecule has 2 N–H and O–H groups in total. The first-order valence-corrected chi connectivity index (χ1v) is 6.86. The predicted molar refractivity (Wildman–Crippen MR) is 79.1 cm³/mol. The first-order chi connectivity index (χ1) is 9.53. The van der Waals surface area contributed by atoms with Crippen LogP contribution in [0.3, 0.4) is 0 Å². The molecule has 0 aliphatic heterocycles. The van der Waals surface area contributed by atoms with Crippen LogP contribution in [0.5, 0.6) is 0 Å². The maximum atomic E-state index is 11.7. The van der Waals surface area contributed by atoms with Crippen LogP contribution in [0.25, 0.3) is 0 Å². The van der Waals surface area contributed by atoms with Gasteiger partial charge >= 0.3 is 0 Å². The Labute approximate surface area is 118 Å². The van der Waals surface area contributed by atoms with Gasteiger partial charge in [-0.15, -0.1) is 0 Å². The van der Waals surface area contributed by atoms with E-state index in [9.17, 15) is 14.9 Å². The van der Waals surface area contributed by atoms with E-state index in [1.807, 2.05) is 13.8 Å². The average Bonchev–Trinajstić information content (AvgIpc) is 2.44. The number of nitro benzene ring substituents is 1. The Hall–Kier alpha value is -2.11. The van der Waals surface area contributed by atoms with Crippen molar-refractivity contribution in [1.82, 2.24) is 5.32 Å². The highest BCUT2D eigenvalue weighted by molar-refractivity contribution is 5.95. The van der Waals surface area contributed by atoms with Crippen molar-refractivity contribution in [2.24, 2.45) is 0 Å². The van der Waals surface area contributed by atoms with E-state index in [-0.39, 0.29) is 17.6 Å². The van der Waals surface area contributed by atoms with Crippen LogP contribution in [-0.4, -0.2) is 23.4 Å². The van der Waals surface area contributed by atoms with Gasteiger partial charge in [0.25, 0.3) is 11.6 Å². The molecule has 20 heavy (non-hydrogen) atoms. The molecule has 0 atom stereocenters. The number of hydrogen-bond donors (Lipinski definition) is 2. The minimum absolute atomic E-state index is 0.0688.